The number of fused-ring (bicyclic) bond motifs is 4. The summed E-state index contributed by atoms with van der Waals surface area (Å²) >= 11 is 0. The van der Waals surface area contributed by atoms with Crippen molar-refractivity contribution >= 4 is 11.9 Å². The van der Waals surface area contributed by atoms with Crippen molar-refractivity contribution < 1.29 is 23.8 Å². The molecule has 1 aliphatic heterocycles. The third-order valence-electron chi connectivity index (χ3n) is 7.06. The van der Waals surface area contributed by atoms with Crippen LogP contribution < -0.4 is 4.74 Å². The first-order valence-corrected chi connectivity index (χ1v) is 9.84. The molecule has 0 spiro atoms. The van der Waals surface area contributed by atoms with E-state index in [1.807, 2.05) is 6.92 Å². The maximum absolute atomic E-state index is 12.8. The maximum Gasteiger partial charge on any atom is 0.311 e. The average molecular weight is 372 g/mol. The quantitative estimate of drug-likeness (QED) is 0.745. The molecule has 27 heavy (non-hydrogen) atoms. The zero-order chi connectivity index (χ0) is 19.4. The van der Waals surface area contributed by atoms with E-state index >= 15 is 0 Å². The Morgan fingerprint density at radius 2 is 1.96 bits per heavy atom. The van der Waals surface area contributed by atoms with E-state index in [2.05, 4.69) is 19.1 Å². The van der Waals surface area contributed by atoms with Gasteiger partial charge in [0.1, 0.15) is 11.9 Å². The Bertz CT molecular complexity index is 800. The van der Waals surface area contributed by atoms with Gasteiger partial charge in [-0.25, -0.2) is 0 Å². The Morgan fingerprint density at radius 3 is 2.67 bits per heavy atom. The highest BCUT2D eigenvalue weighted by Gasteiger charge is 2.60. The predicted molar refractivity (Wildman–Crippen MR) is 99.7 cm³/mol. The molecule has 3 aliphatic rings. The van der Waals surface area contributed by atoms with Crippen molar-refractivity contribution in [2.75, 3.05) is 13.7 Å². The molecule has 0 aromatic heterocycles. The highest BCUT2D eigenvalue weighted by Crippen LogP contribution is 2.59. The van der Waals surface area contributed by atoms with Gasteiger partial charge in [-0.3, -0.25) is 9.59 Å². The second-order valence-corrected chi connectivity index (χ2v) is 8.73. The summed E-state index contributed by atoms with van der Waals surface area (Å²) in [6, 6.07) is 4.40. The number of methoxy groups -OCH3 is 1. The lowest BCUT2D eigenvalue weighted by atomic mass is 9.48. The molecule has 0 unspecified atom stereocenters. The number of carbonyl (C=O) groups excluding carboxylic acids is 2. The van der Waals surface area contributed by atoms with Crippen LogP contribution in [-0.4, -0.2) is 31.8 Å². The topological polar surface area (TPSA) is 61.8 Å². The number of hydrogen-bond donors (Lipinski definition) is 0. The Kier molecular flexibility index (Phi) is 4.24. The van der Waals surface area contributed by atoms with Crippen LogP contribution in [0, 0.1) is 11.3 Å². The lowest BCUT2D eigenvalue weighted by Gasteiger charge is -2.56. The molecular weight excluding hydrogens is 344 g/mol. The molecule has 1 heterocycles. The van der Waals surface area contributed by atoms with Gasteiger partial charge in [-0.1, -0.05) is 19.4 Å². The van der Waals surface area contributed by atoms with Crippen LogP contribution in [0.1, 0.15) is 56.7 Å². The summed E-state index contributed by atoms with van der Waals surface area (Å²) in [6.07, 6.45) is 3.85. The van der Waals surface area contributed by atoms with E-state index in [1.54, 1.807) is 0 Å². The van der Waals surface area contributed by atoms with Crippen LogP contribution in [0.4, 0.5) is 0 Å². The van der Waals surface area contributed by atoms with Gasteiger partial charge in [0.05, 0.1) is 19.1 Å². The third-order valence-corrected chi connectivity index (χ3v) is 7.06. The summed E-state index contributed by atoms with van der Waals surface area (Å²) in [5.41, 5.74) is 2.74. The normalized spacial score (nSPS) is 33.9. The van der Waals surface area contributed by atoms with Gasteiger partial charge in [-0.2, -0.15) is 0 Å². The van der Waals surface area contributed by atoms with Crippen molar-refractivity contribution in [3.63, 3.8) is 0 Å². The molecule has 4 rings (SSSR count). The van der Waals surface area contributed by atoms with E-state index in [1.165, 1.54) is 30.7 Å². The summed E-state index contributed by atoms with van der Waals surface area (Å²) in [5, 5.41) is 0. The standard InChI is InChI=1S/C22H28O5/c1-13(23)27-18-11-15-10-14-6-9-26-17(14)12-16(15)21(2)7-5-8-22(3,19(18)21)20(24)25-4/h10,12,18-19H,5-9,11H2,1-4H3/t18-,19-,21-,22-/m1/s1. The Balaban J connectivity index is 1.88. The minimum absolute atomic E-state index is 0.123. The highest BCUT2D eigenvalue weighted by molar-refractivity contribution is 5.78. The van der Waals surface area contributed by atoms with E-state index in [-0.39, 0.29) is 29.4 Å². The largest absolute Gasteiger partial charge is 0.493 e. The van der Waals surface area contributed by atoms with E-state index in [0.717, 1.165) is 31.4 Å². The van der Waals surface area contributed by atoms with Gasteiger partial charge in [-0.15, -0.1) is 0 Å². The van der Waals surface area contributed by atoms with Gasteiger partial charge in [0.25, 0.3) is 0 Å². The molecular formula is C22H28O5. The number of carbonyl (C=O) groups is 2. The Labute approximate surface area is 160 Å². The maximum atomic E-state index is 12.8. The first kappa shape index (κ1) is 18.3. The van der Waals surface area contributed by atoms with Crippen molar-refractivity contribution in [3.05, 3.63) is 28.8 Å². The van der Waals surface area contributed by atoms with E-state index in [4.69, 9.17) is 14.2 Å². The van der Waals surface area contributed by atoms with Gasteiger partial charge >= 0.3 is 11.9 Å². The lowest BCUT2D eigenvalue weighted by molar-refractivity contribution is -0.176. The molecule has 2 aliphatic carbocycles. The predicted octanol–water partition coefficient (Wildman–Crippen LogP) is 3.35. The molecule has 0 bridgehead atoms. The number of esters is 2. The van der Waals surface area contributed by atoms with Crippen LogP contribution in [-0.2, 0) is 37.3 Å². The molecule has 1 aromatic carbocycles. The molecule has 1 aromatic rings. The van der Waals surface area contributed by atoms with Gasteiger partial charge in [0.15, 0.2) is 0 Å². The Morgan fingerprint density at radius 1 is 1.19 bits per heavy atom. The molecule has 1 fully saturated rings. The van der Waals surface area contributed by atoms with Crippen LogP contribution in [0.15, 0.2) is 12.1 Å². The molecule has 146 valence electrons. The van der Waals surface area contributed by atoms with Crippen molar-refractivity contribution in [2.24, 2.45) is 11.3 Å². The van der Waals surface area contributed by atoms with Crippen LogP contribution in [0.5, 0.6) is 5.75 Å². The molecule has 0 saturated heterocycles. The van der Waals surface area contributed by atoms with Crippen LogP contribution in [0.2, 0.25) is 0 Å². The number of hydrogen-bond acceptors (Lipinski definition) is 5. The number of ether oxygens (including phenoxy) is 3. The minimum atomic E-state index is -0.681. The second-order valence-electron chi connectivity index (χ2n) is 8.73. The SMILES string of the molecule is COC(=O)[C@]1(C)CCC[C@]2(C)c3cc4c(cc3C[C@@H](OC(C)=O)[C@@H]12)CCO4. The van der Waals surface area contributed by atoms with E-state index < -0.39 is 5.41 Å². The van der Waals surface area contributed by atoms with Crippen molar-refractivity contribution in [1.29, 1.82) is 0 Å². The number of rotatable bonds is 2. The first-order valence-electron chi connectivity index (χ1n) is 9.84. The molecule has 1 saturated carbocycles. The molecule has 0 amide bonds. The second kappa shape index (κ2) is 6.25. The van der Waals surface area contributed by atoms with Gasteiger partial charge in [-0.05, 0) is 42.5 Å². The summed E-state index contributed by atoms with van der Waals surface area (Å²) in [6.45, 7) is 6.35. The minimum Gasteiger partial charge on any atom is -0.493 e. The molecule has 0 radical (unpaired) electrons. The summed E-state index contributed by atoms with van der Waals surface area (Å²) in [7, 11) is 1.44. The smallest absolute Gasteiger partial charge is 0.311 e. The summed E-state index contributed by atoms with van der Waals surface area (Å²) in [5.74, 6) is 0.330. The molecule has 0 N–H and O–H groups in total. The fourth-order valence-electron chi connectivity index (χ4n) is 6.06. The highest BCUT2D eigenvalue weighted by atomic mass is 16.5. The Hall–Kier alpha value is -2.04. The molecule has 5 heteroatoms. The zero-order valence-electron chi connectivity index (χ0n) is 16.6. The van der Waals surface area contributed by atoms with E-state index in [9.17, 15) is 9.59 Å². The molecule has 4 atom stereocenters. The van der Waals surface area contributed by atoms with Gasteiger partial charge in [0.2, 0.25) is 0 Å². The van der Waals surface area contributed by atoms with E-state index in [0.29, 0.717) is 13.0 Å². The fraction of sp³-hybridized carbons (Fsp3) is 0.636. The molecule has 5 nitrogen and oxygen atoms in total. The van der Waals surface area contributed by atoms with Crippen LogP contribution in [0.25, 0.3) is 0 Å². The summed E-state index contributed by atoms with van der Waals surface area (Å²) < 4.78 is 16.8. The first-order chi connectivity index (χ1) is 12.8. The van der Waals surface area contributed by atoms with Crippen LogP contribution >= 0.6 is 0 Å². The van der Waals surface area contributed by atoms with Crippen LogP contribution in [0.3, 0.4) is 0 Å². The average Bonchev–Trinajstić information content (AvgIpc) is 3.06. The van der Waals surface area contributed by atoms with Crippen molar-refractivity contribution in [3.8, 4) is 5.75 Å². The van der Waals surface area contributed by atoms with Crippen molar-refractivity contribution in [2.45, 2.75) is 64.4 Å². The summed E-state index contributed by atoms with van der Waals surface area (Å²) in [4.78, 5) is 24.7. The monoisotopic (exact) mass is 372 g/mol. The van der Waals surface area contributed by atoms with Gasteiger partial charge in [0, 0.05) is 31.1 Å². The van der Waals surface area contributed by atoms with Crippen molar-refractivity contribution in [1.82, 2.24) is 0 Å². The third kappa shape index (κ3) is 2.66. The zero-order valence-corrected chi connectivity index (χ0v) is 16.6. The van der Waals surface area contributed by atoms with Gasteiger partial charge < -0.3 is 14.2 Å². The lowest BCUT2D eigenvalue weighted by Crippen LogP contribution is -2.59. The fourth-order valence-corrected chi connectivity index (χ4v) is 6.06. The number of benzene rings is 1.